The van der Waals surface area contributed by atoms with E-state index >= 15 is 0 Å². The van der Waals surface area contributed by atoms with E-state index in [4.69, 9.17) is 14.5 Å². The van der Waals surface area contributed by atoms with Gasteiger partial charge in [-0.15, -0.1) is 23.1 Å². The first-order valence-electron chi connectivity index (χ1n) is 15.4. The van der Waals surface area contributed by atoms with Crippen LogP contribution in [0, 0.1) is 12.7 Å². The number of thioether (sulfide) groups is 1. The van der Waals surface area contributed by atoms with Crippen molar-refractivity contribution in [1.29, 1.82) is 0 Å². The maximum absolute atomic E-state index is 13.3. The van der Waals surface area contributed by atoms with Gasteiger partial charge in [0.1, 0.15) is 16.6 Å². The molecule has 1 unspecified atom stereocenters. The van der Waals surface area contributed by atoms with Crippen LogP contribution >= 0.6 is 23.1 Å². The molecule has 0 bridgehead atoms. The lowest BCUT2D eigenvalue weighted by molar-refractivity contribution is -0.150. The zero-order valence-corrected chi connectivity index (χ0v) is 28.3. The normalized spacial score (nSPS) is 14.5. The number of hydrogen-bond donors (Lipinski definition) is 0. The van der Waals surface area contributed by atoms with Crippen LogP contribution in [-0.4, -0.2) is 65.6 Å². The van der Waals surface area contributed by atoms with Crippen molar-refractivity contribution < 1.29 is 36.6 Å². The number of alkyl halides is 3. The Morgan fingerprint density at radius 2 is 1.69 bits per heavy atom. The lowest BCUT2D eigenvalue weighted by Gasteiger charge is -2.34. The van der Waals surface area contributed by atoms with E-state index in [-0.39, 0.29) is 12.5 Å². The minimum atomic E-state index is -4.43. The minimum Gasteiger partial charge on any atom is -0.479 e. The van der Waals surface area contributed by atoms with E-state index in [9.17, 15) is 27.2 Å². The zero-order valence-electron chi connectivity index (χ0n) is 26.7. The molecule has 1 aliphatic heterocycles. The summed E-state index contributed by atoms with van der Waals surface area (Å²) >= 11 is 3.05. The van der Waals surface area contributed by atoms with Crippen LogP contribution < -0.4 is 4.74 Å². The number of aryl methyl sites for hydroxylation is 1. The van der Waals surface area contributed by atoms with Gasteiger partial charge in [0.15, 0.2) is 6.10 Å². The number of halogens is 4. The molecule has 0 N–H and O–H groups in total. The Balaban J connectivity index is 1.29. The molecule has 1 aromatic heterocycles. The second kappa shape index (κ2) is 15.5. The fraction of sp³-hybridized carbons (Fsp3) is 0.343. The number of ether oxygens (including phenoxy) is 2. The summed E-state index contributed by atoms with van der Waals surface area (Å²) in [5, 5.41) is 0.632. The maximum atomic E-state index is 13.3. The van der Waals surface area contributed by atoms with Gasteiger partial charge < -0.3 is 14.4 Å². The first-order valence-corrected chi connectivity index (χ1v) is 17.2. The van der Waals surface area contributed by atoms with Gasteiger partial charge in [-0.25, -0.2) is 14.2 Å². The quantitative estimate of drug-likeness (QED) is 0.0896. The summed E-state index contributed by atoms with van der Waals surface area (Å²) in [6.07, 6.45) is -5.17. The first-order chi connectivity index (χ1) is 22.9. The number of benzene rings is 3. The van der Waals surface area contributed by atoms with Crippen LogP contribution in [-0.2, 0) is 28.0 Å². The second-order valence-corrected chi connectivity index (χ2v) is 13.4. The van der Waals surface area contributed by atoms with Gasteiger partial charge in [-0.3, -0.25) is 9.69 Å². The number of esters is 1. The molecule has 0 radical (unpaired) electrons. The van der Waals surface area contributed by atoms with Gasteiger partial charge in [-0.05, 0) is 80.9 Å². The maximum Gasteiger partial charge on any atom is 0.416 e. The summed E-state index contributed by atoms with van der Waals surface area (Å²) in [4.78, 5) is 35.7. The molecule has 4 aromatic rings. The number of thiazole rings is 1. The molecule has 48 heavy (non-hydrogen) atoms. The monoisotopic (exact) mass is 701 g/mol. The molecule has 0 spiro atoms. The van der Waals surface area contributed by atoms with Crippen LogP contribution in [0.25, 0.3) is 10.6 Å². The van der Waals surface area contributed by atoms with Crippen molar-refractivity contribution in [3.8, 4) is 16.3 Å². The summed E-state index contributed by atoms with van der Waals surface area (Å²) in [6.45, 7) is 8.29. The highest BCUT2D eigenvalue weighted by atomic mass is 32.2. The van der Waals surface area contributed by atoms with Crippen molar-refractivity contribution in [3.63, 3.8) is 0 Å². The van der Waals surface area contributed by atoms with Crippen molar-refractivity contribution in [3.05, 3.63) is 99.8 Å². The first kappa shape index (κ1) is 35.4. The summed E-state index contributed by atoms with van der Waals surface area (Å²) in [5.41, 5.74) is 2.02. The fourth-order valence-corrected chi connectivity index (χ4v) is 7.30. The number of aromatic nitrogens is 1. The molecular weight excluding hydrogens is 667 g/mol. The molecule has 1 amide bonds. The Kier molecular flexibility index (Phi) is 11.4. The topological polar surface area (TPSA) is 72.0 Å². The zero-order chi connectivity index (χ0) is 34.4. The van der Waals surface area contributed by atoms with E-state index in [0.29, 0.717) is 60.4 Å². The van der Waals surface area contributed by atoms with Crippen LogP contribution in [0.5, 0.6) is 5.75 Å². The lowest BCUT2D eigenvalue weighted by atomic mass is 10.1. The Morgan fingerprint density at radius 1 is 1.00 bits per heavy atom. The largest absolute Gasteiger partial charge is 0.479 e. The van der Waals surface area contributed by atoms with Crippen LogP contribution in [0.2, 0.25) is 0 Å². The lowest BCUT2D eigenvalue weighted by Crippen LogP contribution is -2.48. The second-order valence-electron chi connectivity index (χ2n) is 11.3. The Morgan fingerprint density at radius 3 is 2.31 bits per heavy atom. The standard InChI is InChI=1S/C35H35F4N3O4S2/c1-4-45-34(44)23(3)46-30-14-13-28(19-22(30)2)47-21-31-29(40-32(48-31)24-5-9-26(10-6-24)35(37,38)39)20-41-15-17-42(18-16-41)33(43)25-7-11-27(36)12-8-25/h5-14,19,23H,4,15-18,20-21H2,1-3H3. The van der Waals surface area contributed by atoms with Crippen molar-refractivity contribution in [1.82, 2.24) is 14.8 Å². The Bertz CT molecular complexity index is 1720. The summed E-state index contributed by atoms with van der Waals surface area (Å²) in [6, 6.07) is 16.3. The average Bonchev–Trinajstić information content (AvgIpc) is 3.47. The molecule has 13 heteroatoms. The van der Waals surface area contributed by atoms with E-state index in [1.54, 1.807) is 30.5 Å². The Hall–Kier alpha value is -3.94. The summed E-state index contributed by atoms with van der Waals surface area (Å²) < 4.78 is 63.8. The molecule has 254 valence electrons. The van der Waals surface area contributed by atoms with Crippen LogP contribution in [0.15, 0.2) is 71.6 Å². The van der Waals surface area contributed by atoms with E-state index < -0.39 is 29.6 Å². The number of carbonyl (C=O) groups is 2. The average molecular weight is 702 g/mol. The fourth-order valence-electron chi connectivity index (χ4n) is 5.13. The highest BCUT2D eigenvalue weighted by Crippen LogP contribution is 2.36. The predicted molar refractivity (Wildman–Crippen MR) is 178 cm³/mol. The molecule has 1 fully saturated rings. The third-order valence-corrected chi connectivity index (χ3v) is 10.1. The molecule has 2 heterocycles. The van der Waals surface area contributed by atoms with Crippen molar-refractivity contribution in [2.24, 2.45) is 0 Å². The highest BCUT2D eigenvalue weighted by molar-refractivity contribution is 7.98. The molecule has 1 atom stereocenters. The van der Waals surface area contributed by atoms with Crippen LogP contribution in [0.1, 0.15) is 45.9 Å². The van der Waals surface area contributed by atoms with Crippen molar-refractivity contribution in [2.75, 3.05) is 32.8 Å². The van der Waals surface area contributed by atoms with Gasteiger partial charge in [-0.1, -0.05) is 12.1 Å². The van der Waals surface area contributed by atoms with Crippen LogP contribution in [0.4, 0.5) is 17.6 Å². The van der Waals surface area contributed by atoms with Crippen molar-refractivity contribution >= 4 is 35.0 Å². The van der Waals surface area contributed by atoms with Crippen LogP contribution in [0.3, 0.4) is 0 Å². The SMILES string of the molecule is CCOC(=O)C(C)Oc1ccc(SCc2sc(-c3ccc(C(F)(F)F)cc3)nc2CN2CCN(C(=O)c3ccc(F)cc3)CC2)cc1C. The minimum absolute atomic E-state index is 0.146. The van der Waals surface area contributed by atoms with Gasteiger partial charge in [-0.2, -0.15) is 13.2 Å². The molecule has 7 nitrogen and oxygen atoms in total. The van der Waals surface area contributed by atoms with Gasteiger partial charge in [0.25, 0.3) is 5.91 Å². The predicted octanol–water partition coefficient (Wildman–Crippen LogP) is 7.86. The van der Waals surface area contributed by atoms with E-state index in [2.05, 4.69) is 4.90 Å². The third kappa shape index (κ3) is 8.94. The number of rotatable bonds is 11. The number of hydrogen-bond acceptors (Lipinski definition) is 8. The molecule has 5 rings (SSSR count). The van der Waals surface area contributed by atoms with Gasteiger partial charge in [0.05, 0.1) is 17.9 Å². The van der Waals surface area contributed by atoms with E-state index in [1.165, 1.54) is 47.7 Å². The number of carbonyl (C=O) groups excluding carboxylic acids is 2. The van der Waals surface area contributed by atoms with Gasteiger partial charge >= 0.3 is 12.1 Å². The van der Waals surface area contributed by atoms with Crippen molar-refractivity contribution in [2.45, 2.75) is 50.2 Å². The third-order valence-electron chi connectivity index (χ3n) is 7.80. The molecular formula is C35H35F4N3O4S2. The number of piperazine rings is 1. The number of nitrogens with zero attached hydrogens (tertiary/aromatic N) is 3. The number of amides is 1. The van der Waals surface area contributed by atoms with Gasteiger partial charge in [0, 0.05) is 59.4 Å². The Labute approximate surface area is 284 Å². The molecule has 0 aliphatic carbocycles. The van der Waals surface area contributed by atoms with E-state index in [0.717, 1.165) is 33.2 Å². The summed E-state index contributed by atoms with van der Waals surface area (Å²) in [5.74, 6) is 0.186. The highest BCUT2D eigenvalue weighted by Gasteiger charge is 2.30. The molecule has 1 aliphatic rings. The van der Waals surface area contributed by atoms with E-state index in [1.807, 2.05) is 25.1 Å². The molecule has 1 saturated heterocycles. The molecule has 3 aromatic carbocycles. The van der Waals surface area contributed by atoms with Gasteiger partial charge in [0.2, 0.25) is 0 Å². The smallest absolute Gasteiger partial charge is 0.416 e. The summed E-state index contributed by atoms with van der Waals surface area (Å²) in [7, 11) is 0. The molecule has 0 saturated carbocycles.